The van der Waals surface area contributed by atoms with Gasteiger partial charge in [0.25, 0.3) is 0 Å². The van der Waals surface area contributed by atoms with Crippen molar-refractivity contribution < 1.29 is 9.90 Å². The van der Waals surface area contributed by atoms with Crippen LogP contribution in [0.3, 0.4) is 0 Å². The van der Waals surface area contributed by atoms with Crippen molar-refractivity contribution in [1.82, 2.24) is 19.6 Å². The minimum Gasteiger partial charge on any atom is -0.478 e. The molecule has 7 heteroatoms. The first kappa shape index (κ1) is 14.0. The van der Waals surface area contributed by atoms with Crippen LogP contribution in [0.15, 0.2) is 41.9 Å². The molecule has 0 aliphatic rings. The van der Waals surface area contributed by atoms with E-state index in [1.807, 2.05) is 30.3 Å². The molecule has 3 aromatic rings. The molecule has 108 valence electrons. The van der Waals surface area contributed by atoms with E-state index < -0.39 is 5.97 Å². The summed E-state index contributed by atoms with van der Waals surface area (Å²) in [4.78, 5) is 19.8. The van der Waals surface area contributed by atoms with Crippen LogP contribution in [0.2, 0.25) is 0 Å². The van der Waals surface area contributed by atoms with Gasteiger partial charge in [0, 0.05) is 17.1 Å². The summed E-state index contributed by atoms with van der Waals surface area (Å²) in [5.74, 6) is -0.600. The fraction of sp³-hybridized carbons (Fsp3) is 0. The zero-order valence-electron chi connectivity index (χ0n) is 11.2. The van der Waals surface area contributed by atoms with E-state index in [0.29, 0.717) is 17.2 Å². The van der Waals surface area contributed by atoms with Gasteiger partial charge in [-0.2, -0.15) is 0 Å². The molecular weight excluding hydrogens is 300 g/mol. The Morgan fingerprint density at radius 2 is 2.00 bits per heavy atom. The van der Waals surface area contributed by atoms with Gasteiger partial charge in [-0.05, 0) is 23.7 Å². The maximum atomic E-state index is 11.3. The Labute approximate surface area is 130 Å². The minimum atomic E-state index is -1.07. The van der Waals surface area contributed by atoms with Crippen molar-refractivity contribution in [2.45, 2.75) is 0 Å². The molecule has 0 aliphatic heterocycles. The standard InChI is InChI=1S/C15H10N4O2S/c20-15(21)12-8-16-14(10-4-2-1-3-5-10)17-13(12)7-6-11-9-22-19-18-11/h1-9H,(H,20,21)/b7-6+. The molecule has 0 atom stereocenters. The van der Waals surface area contributed by atoms with Gasteiger partial charge < -0.3 is 5.11 Å². The Kier molecular flexibility index (Phi) is 3.97. The number of aromatic nitrogens is 4. The van der Waals surface area contributed by atoms with Gasteiger partial charge in [0.2, 0.25) is 0 Å². The topological polar surface area (TPSA) is 88.9 Å². The molecule has 6 nitrogen and oxygen atoms in total. The molecule has 0 amide bonds. The zero-order valence-corrected chi connectivity index (χ0v) is 12.1. The van der Waals surface area contributed by atoms with Crippen molar-refractivity contribution >= 4 is 29.7 Å². The van der Waals surface area contributed by atoms with E-state index >= 15 is 0 Å². The molecule has 0 aliphatic carbocycles. The first-order valence-electron chi connectivity index (χ1n) is 6.35. The third-order valence-electron chi connectivity index (χ3n) is 2.87. The highest BCUT2D eigenvalue weighted by Crippen LogP contribution is 2.17. The van der Waals surface area contributed by atoms with Crippen molar-refractivity contribution in [3.05, 3.63) is 58.9 Å². The number of carboxylic acids is 1. The highest BCUT2D eigenvalue weighted by molar-refractivity contribution is 7.03. The van der Waals surface area contributed by atoms with E-state index in [-0.39, 0.29) is 5.56 Å². The fourth-order valence-corrected chi connectivity index (χ4v) is 2.24. The highest BCUT2D eigenvalue weighted by Gasteiger charge is 2.12. The van der Waals surface area contributed by atoms with Gasteiger partial charge in [-0.3, -0.25) is 0 Å². The Morgan fingerprint density at radius 1 is 1.18 bits per heavy atom. The van der Waals surface area contributed by atoms with Crippen molar-refractivity contribution in [2.75, 3.05) is 0 Å². The number of hydrogen-bond acceptors (Lipinski definition) is 6. The molecule has 0 saturated carbocycles. The van der Waals surface area contributed by atoms with Gasteiger partial charge in [0.05, 0.1) is 11.4 Å². The number of aromatic carboxylic acids is 1. The predicted molar refractivity (Wildman–Crippen MR) is 83.3 cm³/mol. The third-order valence-corrected chi connectivity index (χ3v) is 3.39. The lowest BCUT2D eigenvalue weighted by molar-refractivity contribution is 0.0695. The van der Waals surface area contributed by atoms with E-state index in [1.54, 1.807) is 17.5 Å². The van der Waals surface area contributed by atoms with Crippen LogP contribution in [0.25, 0.3) is 23.5 Å². The summed E-state index contributed by atoms with van der Waals surface area (Å²) in [7, 11) is 0. The highest BCUT2D eigenvalue weighted by atomic mass is 32.1. The van der Waals surface area contributed by atoms with Crippen LogP contribution >= 0.6 is 11.5 Å². The Bertz CT molecular complexity index is 817. The second kappa shape index (κ2) is 6.23. The van der Waals surface area contributed by atoms with E-state index in [4.69, 9.17) is 0 Å². The monoisotopic (exact) mass is 310 g/mol. The third kappa shape index (κ3) is 3.04. The van der Waals surface area contributed by atoms with E-state index in [0.717, 1.165) is 5.56 Å². The molecule has 22 heavy (non-hydrogen) atoms. The molecular formula is C15H10N4O2S. The Morgan fingerprint density at radius 3 is 2.68 bits per heavy atom. The van der Waals surface area contributed by atoms with Crippen molar-refractivity contribution in [2.24, 2.45) is 0 Å². The number of rotatable bonds is 4. The summed E-state index contributed by atoms with van der Waals surface area (Å²) in [6.45, 7) is 0. The number of carboxylic acid groups (broad SMARTS) is 1. The summed E-state index contributed by atoms with van der Waals surface area (Å²) < 4.78 is 3.75. The molecule has 0 unspecified atom stereocenters. The summed E-state index contributed by atoms with van der Waals surface area (Å²) >= 11 is 1.22. The van der Waals surface area contributed by atoms with Crippen LogP contribution in [0.5, 0.6) is 0 Å². The maximum absolute atomic E-state index is 11.3. The molecule has 0 fully saturated rings. The van der Waals surface area contributed by atoms with Gasteiger partial charge in [0.1, 0.15) is 5.56 Å². The minimum absolute atomic E-state index is 0.0409. The van der Waals surface area contributed by atoms with Crippen LogP contribution in [0.1, 0.15) is 21.7 Å². The first-order valence-corrected chi connectivity index (χ1v) is 7.18. The van der Waals surface area contributed by atoms with Gasteiger partial charge in [-0.25, -0.2) is 14.8 Å². The molecule has 0 saturated heterocycles. The second-order valence-electron chi connectivity index (χ2n) is 4.33. The molecule has 1 N–H and O–H groups in total. The number of carbonyl (C=O) groups is 1. The van der Waals surface area contributed by atoms with Gasteiger partial charge in [-0.15, -0.1) is 5.10 Å². The molecule has 2 aromatic heterocycles. The molecule has 2 heterocycles. The van der Waals surface area contributed by atoms with Crippen LogP contribution in [0, 0.1) is 0 Å². The van der Waals surface area contributed by atoms with E-state index in [9.17, 15) is 9.90 Å². The van der Waals surface area contributed by atoms with Gasteiger partial charge in [-0.1, -0.05) is 34.8 Å². The lowest BCUT2D eigenvalue weighted by Crippen LogP contribution is -2.04. The average Bonchev–Trinajstić information content (AvgIpc) is 3.07. The van der Waals surface area contributed by atoms with Gasteiger partial charge >= 0.3 is 5.97 Å². The molecule has 0 bridgehead atoms. The molecule has 1 aromatic carbocycles. The van der Waals surface area contributed by atoms with Crippen LogP contribution in [0.4, 0.5) is 0 Å². The van der Waals surface area contributed by atoms with Gasteiger partial charge in [0.15, 0.2) is 5.82 Å². The van der Waals surface area contributed by atoms with Crippen molar-refractivity contribution in [3.63, 3.8) is 0 Å². The van der Waals surface area contributed by atoms with Crippen LogP contribution in [-0.2, 0) is 0 Å². The maximum Gasteiger partial charge on any atom is 0.339 e. The number of hydrogen-bond donors (Lipinski definition) is 1. The number of nitrogens with zero attached hydrogens (tertiary/aromatic N) is 4. The first-order chi connectivity index (χ1) is 10.7. The SMILES string of the molecule is O=C(O)c1cnc(-c2ccccc2)nc1/C=C/c1csnn1. The smallest absolute Gasteiger partial charge is 0.339 e. The lowest BCUT2D eigenvalue weighted by atomic mass is 10.1. The quantitative estimate of drug-likeness (QED) is 0.797. The lowest BCUT2D eigenvalue weighted by Gasteiger charge is -2.04. The predicted octanol–water partition coefficient (Wildman–Crippen LogP) is 2.86. The second-order valence-corrected chi connectivity index (χ2v) is 4.94. The summed E-state index contributed by atoms with van der Waals surface area (Å²) in [5.41, 5.74) is 1.85. The largest absolute Gasteiger partial charge is 0.478 e. The summed E-state index contributed by atoms with van der Waals surface area (Å²) in [6.07, 6.45) is 4.60. The zero-order chi connectivity index (χ0) is 15.4. The molecule has 3 rings (SSSR count). The normalized spacial score (nSPS) is 10.9. The van der Waals surface area contributed by atoms with E-state index in [2.05, 4.69) is 19.6 Å². The fourth-order valence-electron chi connectivity index (χ4n) is 1.82. The van der Waals surface area contributed by atoms with Crippen LogP contribution in [-0.4, -0.2) is 30.6 Å². The molecule has 0 radical (unpaired) electrons. The van der Waals surface area contributed by atoms with Crippen molar-refractivity contribution in [3.8, 4) is 11.4 Å². The number of benzene rings is 1. The van der Waals surface area contributed by atoms with E-state index in [1.165, 1.54) is 17.7 Å². The summed E-state index contributed by atoms with van der Waals surface area (Å²) in [5, 5.41) is 14.9. The van der Waals surface area contributed by atoms with Crippen LogP contribution < -0.4 is 0 Å². The average molecular weight is 310 g/mol. The Balaban J connectivity index is 2.03. The van der Waals surface area contributed by atoms with Crippen molar-refractivity contribution in [1.29, 1.82) is 0 Å². The molecule has 0 spiro atoms. The Hall–Kier alpha value is -2.93. The summed E-state index contributed by atoms with van der Waals surface area (Å²) in [6, 6.07) is 9.38.